The Kier molecular flexibility index (Phi) is 18.1. The molecule has 2 aromatic heterocycles. The van der Waals surface area contributed by atoms with Crippen LogP contribution in [0.15, 0.2) is 54.2 Å². The molecule has 0 radical (unpaired) electrons. The van der Waals surface area contributed by atoms with Crippen LogP contribution in [0, 0.1) is 36.4 Å². The van der Waals surface area contributed by atoms with Gasteiger partial charge < -0.3 is 44.7 Å². The van der Waals surface area contributed by atoms with Gasteiger partial charge in [-0.2, -0.15) is 18.4 Å². The molecule has 0 spiro atoms. The number of aromatic nitrogens is 2. The number of benzene rings is 2. The van der Waals surface area contributed by atoms with Crippen LogP contribution in [0.3, 0.4) is 0 Å². The predicted molar refractivity (Wildman–Crippen MR) is 262 cm³/mol. The average Bonchev–Trinajstić information content (AvgIpc) is 3.98. The van der Waals surface area contributed by atoms with E-state index in [0.717, 1.165) is 33.8 Å². The number of aliphatic hydroxyl groups excluding tert-OH is 2. The Bertz CT molecular complexity index is 2640. The van der Waals surface area contributed by atoms with E-state index in [2.05, 4.69) is 20.6 Å². The van der Waals surface area contributed by atoms with E-state index in [1.807, 2.05) is 52.0 Å². The van der Waals surface area contributed by atoms with Crippen molar-refractivity contribution >= 4 is 57.8 Å². The number of aryl methyl sites for hydroxylation is 2. The molecule has 72 heavy (non-hydrogen) atoms. The molecule has 3 amide bonds. The Hall–Kier alpha value is -5.71. The molecule has 2 saturated heterocycles. The number of aliphatic hydroxyl groups is 2. The molecule has 1 unspecified atom stereocenters. The molecule has 4 aromatic rings. The van der Waals surface area contributed by atoms with Gasteiger partial charge in [-0.3, -0.25) is 24.2 Å². The number of carbonyl (C=O) groups is 3. The summed E-state index contributed by atoms with van der Waals surface area (Å²) in [6, 6.07) is 10.8. The molecule has 2 aromatic carbocycles. The van der Waals surface area contributed by atoms with Crippen LogP contribution in [-0.2, 0) is 41.3 Å². The van der Waals surface area contributed by atoms with Crippen LogP contribution in [0.1, 0.15) is 69.0 Å². The van der Waals surface area contributed by atoms with E-state index in [0.29, 0.717) is 16.2 Å². The maximum atomic E-state index is 15.4. The van der Waals surface area contributed by atoms with Crippen molar-refractivity contribution < 1.29 is 61.1 Å². The van der Waals surface area contributed by atoms with E-state index >= 15 is 4.39 Å². The molecule has 2 fully saturated rings. The number of anilines is 2. The number of thiocarbonyl (C=S) groups is 1. The van der Waals surface area contributed by atoms with E-state index < -0.39 is 76.0 Å². The van der Waals surface area contributed by atoms with Gasteiger partial charge >= 0.3 is 6.18 Å². The quantitative estimate of drug-likeness (QED) is 0.0442. The molecule has 4 N–H and O–H groups in total. The SMILES string of the molecule is Cc1cc(OCCOCCOCCOCC(=O)N[C@H](C(O)N2C[C@H](O)C[C@H]2C(=O)NCc2ccc(-c3scnc3C)cc2)C(C)(C)C)ncc1N1C(=S)N(c2ccc(C#N)c(C(F)(F)F)c2F)C(=O)C1(C)C. The lowest BCUT2D eigenvalue weighted by Crippen LogP contribution is -2.60. The largest absolute Gasteiger partial charge is 0.475 e. The number of alkyl halides is 3. The first-order chi connectivity index (χ1) is 33.9. The standard InChI is InChI=1S/C49H58F4N8O9S2/c1-28-20-38(55-24-36(28)61-46(71)60(45(66)48(61,6)7)34-13-12-32(22-54)39(40(34)50)49(51,52)53)70-19-18-68-15-14-67-16-17-69-26-37(63)58-42(47(3,4)5)44(65)59-25-33(62)21-35(59)43(64)56-23-30-8-10-31(11-9-30)41-29(2)57-27-72-41/h8-13,20,24,27,33,35,42,44,62,65H,14-19,21,23,25-26H2,1-7H3,(H,56,64)(H,58,63)/t33-,35+,42-,44?/m1/s1. The normalized spacial score (nSPS) is 18.1. The van der Waals surface area contributed by atoms with Crippen molar-refractivity contribution in [2.24, 2.45) is 5.41 Å². The average molecular weight is 1040 g/mol. The topological polar surface area (TPSA) is 212 Å². The highest BCUT2D eigenvalue weighted by Crippen LogP contribution is 2.43. The molecule has 23 heteroatoms. The van der Waals surface area contributed by atoms with Gasteiger partial charge in [-0.15, -0.1) is 11.3 Å². The molecule has 4 atom stereocenters. The minimum Gasteiger partial charge on any atom is -0.475 e. The van der Waals surface area contributed by atoms with Gasteiger partial charge in [-0.05, 0) is 80.6 Å². The number of halogens is 4. The van der Waals surface area contributed by atoms with Gasteiger partial charge in [0.25, 0.3) is 5.91 Å². The summed E-state index contributed by atoms with van der Waals surface area (Å²) in [7, 11) is 0. The van der Waals surface area contributed by atoms with Crippen LogP contribution in [0.2, 0.25) is 0 Å². The van der Waals surface area contributed by atoms with Crippen molar-refractivity contribution in [1.29, 1.82) is 5.26 Å². The van der Waals surface area contributed by atoms with Crippen LogP contribution in [-0.4, -0.2) is 131 Å². The number of amides is 3. The third kappa shape index (κ3) is 12.9. The molecular formula is C49H58F4N8O9S2. The summed E-state index contributed by atoms with van der Waals surface area (Å²) in [6.45, 7) is 13.1. The number of carbonyl (C=O) groups excluding carboxylic acids is 3. The summed E-state index contributed by atoms with van der Waals surface area (Å²) in [5.41, 5.74) is -0.0459. The fourth-order valence-corrected chi connectivity index (χ4v) is 9.68. The second-order valence-electron chi connectivity index (χ2n) is 18.8. The Labute approximate surface area is 424 Å². The smallest absolute Gasteiger partial charge is 0.420 e. The molecule has 17 nitrogen and oxygen atoms in total. The van der Waals surface area contributed by atoms with E-state index in [1.54, 1.807) is 29.8 Å². The van der Waals surface area contributed by atoms with Crippen molar-refractivity contribution in [3.05, 3.63) is 87.9 Å². The van der Waals surface area contributed by atoms with E-state index in [1.165, 1.54) is 35.9 Å². The van der Waals surface area contributed by atoms with E-state index in [9.17, 15) is 43.0 Å². The molecule has 2 aliphatic rings. The summed E-state index contributed by atoms with van der Waals surface area (Å²) in [5, 5.41) is 36.9. The van der Waals surface area contributed by atoms with Gasteiger partial charge in [-0.1, -0.05) is 45.0 Å². The molecule has 6 rings (SSSR count). The highest BCUT2D eigenvalue weighted by Gasteiger charge is 2.52. The first-order valence-corrected chi connectivity index (χ1v) is 24.2. The van der Waals surface area contributed by atoms with Gasteiger partial charge in [0.2, 0.25) is 17.7 Å². The second kappa shape index (κ2) is 23.4. The fourth-order valence-electron chi connectivity index (χ4n) is 8.36. The van der Waals surface area contributed by atoms with E-state index in [-0.39, 0.29) is 82.7 Å². The maximum Gasteiger partial charge on any atom is 0.420 e. The zero-order valence-corrected chi connectivity index (χ0v) is 42.5. The molecule has 0 bridgehead atoms. The highest BCUT2D eigenvalue weighted by atomic mass is 32.1. The first kappa shape index (κ1) is 55.6. The maximum absolute atomic E-state index is 15.4. The number of nitrogens with zero attached hydrogens (tertiary/aromatic N) is 6. The first-order valence-electron chi connectivity index (χ1n) is 22.9. The number of ether oxygens (including phenoxy) is 4. The van der Waals surface area contributed by atoms with Crippen LogP contribution in [0.5, 0.6) is 5.88 Å². The van der Waals surface area contributed by atoms with Crippen LogP contribution in [0.25, 0.3) is 10.4 Å². The van der Waals surface area contributed by atoms with Gasteiger partial charge in [0.15, 0.2) is 10.9 Å². The summed E-state index contributed by atoms with van der Waals surface area (Å²) in [5.74, 6) is -3.21. The lowest BCUT2D eigenvalue weighted by atomic mass is 9.85. The van der Waals surface area contributed by atoms with Crippen LogP contribution in [0.4, 0.5) is 28.9 Å². The number of β-amino-alcohol motifs (C(OH)–C–C–N with tert-alkyl or cyclic N) is 1. The highest BCUT2D eigenvalue weighted by molar-refractivity contribution is 7.81. The summed E-state index contributed by atoms with van der Waals surface area (Å²) >= 11 is 7.09. The van der Waals surface area contributed by atoms with Gasteiger partial charge in [0.05, 0.1) is 96.5 Å². The Balaban J connectivity index is 0.885. The molecule has 2 aliphatic heterocycles. The number of pyridine rings is 1. The van der Waals surface area contributed by atoms with Gasteiger partial charge in [0.1, 0.15) is 30.5 Å². The van der Waals surface area contributed by atoms with Crippen molar-refractivity contribution in [2.45, 2.75) is 97.6 Å². The molecular weight excluding hydrogens is 985 g/mol. The van der Waals surface area contributed by atoms with Crippen molar-refractivity contribution in [1.82, 2.24) is 25.5 Å². The molecule has 4 heterocycles. The fraction of sp³-hybridized carbons (Fsp3) is 0.490. The number of thiazole rings is 1. The summed E-state index contributed by atoms with van der Waals surface area (Å²) in [6.07, 6.45) is -5.86. The Morgan fingerprint density at radius 2 is 1.65 bits per heavy atom. The number of likely N-dealkylation sites (tertiary alicyclic amines) is 1. The lowest BCUT2D eigenvalue weighted by molar-refractivity contribution is -0.140. The number of hydrogen-bond acceptors (Lipinski definition) is 15. The zero-order valence-electron chi connectivity index (χ0n) is 40.8. The van der Waals surface area contributed by atoms with Gasteiger partial charge in [-0.25, -0.2) is 14.4 Å². The number of rotatable bonds is 21. The van der Waals surface area contributed by atoms with Crippen LogP contribution >= 0.6 is 23.6 Å². The summed E-state index contributed by atoms with van der Waals surface area (Å²) in [4.78, 5) is 53.3. The van der Waals surface area contributed by atoms with Crippen molar-refractivity contribution in [3.8, 4) is 22.4 Å². The second-order valence-corrected chi connectivity index (χ2v) is 20.0. The number of nitrogens with one attached hydrogen (secondary N) is 2. The Morgan fingerprint density at radius 1 is 1.00 bits per heavy atom. The molecule has 388 valence electrons. The third-order valence-corrected chi connectivity index (χ3v) is 13.5. The minimum absolute atomic E-state index is 0.0404. The van der Waals surface area contributed by atoms with E-state index in [4.69, 9.17) is 31.2 Å². The predicted octanol–water partition coefficient (Wildman–Crippen LogP) is 5.80. The van der Waals surface area contributed by atoms with Crippen molar-refractivity contribution in [3.63, 3.8) is 0 Å². The summed E-state index contributed by atoms with van der Waals surface area (Å²) < 4.78 is 79.1. The molecule has 0 aliphatic carbocycles. The number of nitriles is 1. The minimum atomic E-state index is -5.21. The van der Waals surface area contributed by atoms with Crippen LogP contribution < -0.4 is 25.2 Å². The lowest BCUT2D eigenvalue weighted by Gasteiger charge is -2.40. The Morgan fingerprint density at radius 3 is 2.25 bits per heavy atom. The zero-order chi connectivity index (χ0) is 52.7. The van der Waals surface area contributed by atoms with Crippen molar-refractivity contribution in [2.75, 3.05) is 62.6 Å². The number of hydrogen-bond donors (Lipinski definition) is 4. The van der Waals surface area contributed by atoms with Gasteiger partial charge in [0, 0.05) is 19.2 Å². The monoisotopic (exact) mass is 1040 g/mol. The molecule has 0 saturated carbocycles. The third-order valence-electron chi connectivity index (χ3n) is 12.1.